The number of rotatable bonds is 6. The second kappa shape index (κ2) is 7.21. The van der Waals surface area contributed by atoms with Crippen molar-refractivity contribution in [2.45, 2.75) is 53.1 Å². The van der Waals surface area contributed by atoms with Gasteiger partial charge in [0, 0.05) is 24.0 Å². The van der Waals surface area contributed by atoms with Crippen LogP contribution in [0.2, 0.25) is 0 Å². The molecule has 0 aliphatic heterocycles. The van der Waals surface area contributed by atoms with Crippen LogP contribution in [0.5, 0.6) is 0 Å². The summed E-state index contributed by atoms with van der Waals surface area (Å²) in [7, 11) is 0. The van der Waals surface area contributed by atoms with Gasteiger partial charge in [0.25, 0.3) is 5.91 Å². The monoisotopic (exact) mass is 316 g/mol. The third-order valence-electron chi connectivity index (χ3n) is 4.04. The summed E-state index contributed by atoms with van der Waals surface area (Å²) >= 11 is 0. The molecule has 0 spiro atoms. The Labute approximate surface area is 136 Å². The van der Waals surface area contributed by atoms with Crippen molar-refractivity contribution in [1.82, 2.24) is 25.1 Å². The van der Waals surface area contributed by atoms with Crippen LogP contribution in [0, 0.1) is 13.8 Å². The van der Waals surface area contributed by atoms with Crippen molar-refractivity contribution in [2.75, 3.05) is 5.73 Å². The number of nitrogens with zero attached hydrogens (tertiary/aromatic N) is 4. The second-order valence-corrected chi connectivity index (χ2v) is 5.57. The molecule has 2 heterocycles. The average molecular weight is 316 g/mol. The number of aryl methyl sites for hydroxylation is 1. The van der Waals surface area contributed by atoms with Crippen molar-refractivity contribution in [2.24, 2.45) is 0 Å². The fourth-order valence-corrected chi connectivity index (χ4v) is 2.57. The maximum Gasteiger partial charge on any atom is 0.255 e. The van der Waals surface area contributed by atoms with E-state index in [1.54, 1.807) is 19.3 Å². The van der Waals surface area contributed by atoms with E-state index in [0.29, 0.717) is 35.4 Å². The topological polar surface area (TPSA) is 98.7 Å². The summed E-state index contributed by atoms with van der Waals surface area (Å²) in [5, 5.41) is 7.22. The number of carbonyl (C=O) groups is 1. The Kier molecular flexibility index (Phi) is 5.31. The highest BCUT2D eigenvalue weighted by Crippen LogP contribution is 2.19. The summed E-state index contributed by atoms with van der Waals surface area (Å²) < 4.78 is 1.93. The first-order valence-electron chi connectivity index (χ1n) is 7.88. The molecule has 0 fully saturated rings. The molecule has 124 valence electrons. The molecule has 0 radical (unpaired) electrons. The predicted molar refractivity (Wildman–Crippen MR) is 88.9 cm³/mol. The highest BCUT2D eigenvalue weighted by molar-refractivity contribution is 5.95. The molecule has 7 nitrogen and oxygen atoms in total. The van der Waals surface area contributed by atoms with Gasteiger partial charge in [-0.15, -0.1) is 0 Å². The number of anilines is 1. The molecule has 7 heteroatoms. The van der Waals surface area contributed by atoms with E-state index in [0.717, 1.165) is 18.5 Å². The molecule has 0 unspecified atom stereocenters. The molecule has 2 aromatic rings. The zero-order valence-corrected chi connectivity index (χ0v) is 14.1. The normalized spacial score (nSPS) is 11.0. The maximum absolute atomic E-state index is 12.4. The number of hydrogen-bond donors (Lipinski definition) is 2. The Bertz CT molecular complexity index is 690. The fourth-order valence-electron chi connectivity index (χ4n) is 2.57. The number of aromatic nitrogens is 4. The molecule has 0 aromatic carbocycles. The lowest BCUT2D eigenvalue weighted by Crippen LogP contribution is -2.24. The van der Waals surface area contributed by atoms with Gasteiger partial charge in [0.15, 0.2) is 0 Å². The minimum absolute atomic E-state index is 0.167. The molecule has 2 rings (SSSR count). The van der Waals surface area contributed by atoms with Crippen molar-refractivity contribution in [3.8, 4) is 0 Å². The van der Waals surface area contributed by atoms with E-state index in [-0.39, 0.29) is 5.91 Å². The van der Waals surface area contributed by atoms with Gasteiger partial charge in [-0.05, 0) is 26.7 Å². The van der Waals surface area contributed by atoms with Crippen LogP contribution in [-0.4, -0.2) is 25.7 Å². The van der Waals surface area contributed by atoms with Crippen LogP contribution in [-0.2, 0) is 6.54 Å². The van der Waals surface area contributed by atoms with Crippen molar-refractivity contribution in [3.63, 3.8) is 0 Å². The first-order valence-corrected chi connectivity index (χ1v) is 7.88. The van der Waals surface area contributed by atoms with Gasteiger partial charge in [-0.3, -0.25) is 9.48 Å². The summed E-state index contributed by atoms with van der Waals surface area (Å²) in [6.45, 7) is 8.23. The van der Waals surface area contributed by atoms with E-state index in [1.165, 1.54) is 0 Å². The zero-order valence-electron chi connectivity index (χ0n) is 14.1. The minimum atomic E-state index is -0.167. The molecule has 0 aliphatic rings. The van der Waals surface area contributed by atoms with E-state index in [2.05, 4.69) is 34.2 Å². The first kappa shape index (κ1) is 16.9. The Hall–Kier alpha value is -2.44. The quantitative estimate of drug-likeness (QED) is 0.851. The van der Waals surface area contributed by atoms with Gasteiger partial charge in [-0.2, -0.15) is 5.10 Å². The minimum Gasteiger partial charge on any atom is -0.383 e. The molecule has 0 saturated carbocycles. The van der Waals surface area contributed by atoms with Gasteiger partial charge in [0.05, 0.1) is 17.8 Å². The average Bonchev–Trinajstić information content (AvgIpc) is 2.89. The molecule has 3 N–H and O–H groups in total. The van der Waals surface area contributed by atoms with Gasteiger partial charge in [0.2, 0.25) is 0 Å². The molecule has 0 atom stereocenters. The van der Waals surface area contributed by atoms with Crippen LogP contribution in [0.15, 0.2) is 12.4 Å². The van der Waals surface area contributed by atoms with Gasteiger partial charge in [-0.1, -0.05) is 13.8 Å². The molecule has 0 bridgehead atoms. The summed E-state index contributed by atoms with van der Waals surface area (Å²) in [6.07, 6.45) is 5.23. The van der Waals surface area contributed by atoms with E-state index in [1.807, 2.05) is 11.6 Å². The van der Waals surface area contributed by atoms with Crippen molar-refractivity contribution in [1.29, 1.82) is 0 Å². The summed E-state index contributed by atoms with van der Waals surface area (Å²) in [4.78, 5) is 20.6. The Morgan fingerprint density at radius 2 is 2.00 bits per heavy atom. The van der Waals surface area contributed by atoms with Crippen LogP contribution >= 0.6 is 0 Å². The third-order valence-corrected chi connectivity index (χ3v) is 4.04. The lowest BCUT2D eigenvalue weighted by atomic mass is 10.1. The highest BCUT2D eigenvalue weighted by Gasteiger charge is 2.18. The number of nitrogen functional groups attached to an aromatic ring is 1. The Balaban J connectivity index is 2.09. The molecule has 0 aliphatic carbocycles. The Morgan fingerprint density at radius 1 is 1.30 bits per heavy atom. The molecular formula is C16H24N6O. The standard InChI is InChI=1S/C16H24N6O/c1-5-13(6-2)22-10(3)14(9-20-22)16(23)19-8-12-7-18-11(4)21-15(12)17/h7,9,13H,5-6,8H2,1-4H3,(H,19,23)(H2,17,18,21). The van der Waals surface area contributed by atoms with Crippen molar-refractivity contribution < 1.29 is 4.79 Å². The van der Waals surface area contributed by atoms with Crippen LogP contribution in [0.1, 0.15) is 60.2 Å². The van der Waals surface area contributed by atoms with Crippen LogP contribution in [0.4, 0.5) is 5.82 Å². The fraction of sp³-hybridized carbons (Fsp3) is 0.500. The zero-order chi connectivity index (χ0) is 17.0. The third kappa shape index (κ3) is 3.67. The highest BCUT2D eigenvalue weighted by atomic mass is 16.1. The molecule has 23 heavy (non-hydrogen) atoms. The Morgan fingerprint density at radius 3 is 2.61 bits per heavy atom. The summed E-state index contributed by atoms with van der Waals surface area (Å²) in [6, 6.07) is 0.317. The van der Waals surface area contributed by atoms with E-state index in [9.17, 15) is 4.79 Å². The number of hydrogen-bond acceptors (Lipinski definition) is 5. The van der Waals surface area contributed by atoms with E-state index >= 15 is 0 Å². The lowest BCUT2D eigenvalue weighted by molar-refractivity contribution is 0.0950. The SMILES string of the molecule is CCC(CC)n1ncc(C(=O)NCc2cnc(C)nc2N)c1C. The molecule has 0 saturated heterocycles. The molecule has 2 aromatic heterocycles. The second-order valence-electron chi connectivity index (χ2n) is 5.57. The van der Waals surface area contributed by atoms with Crippen LogP contribution in [0.25, 0.3) is 0 Å². The van der Waals surface area contributed by atoms with E-state index in [4.69, 9.17) is 5.73 Å². The number of carbonyl (C=O) groups excluding carboxylic acids is 1. The number of nitrogens with two attached hydrogens (primary N) is 1. The smallest absolute Gasteiger partial charge is 0.255 e. The number of amides is 1. The largest absolute Gasteiger partial charge is 0.383 e. The van der Waals surface area contributed by atoms with Crippen LogP contribution in [0.3, 0.4) is 0 Å². The maximum atomic E-state index is 12.4. The van der Waals surface area contributed by atoms with Gasteiger partial charge >= 0.3 is 0 Å². The molecular weight excluding hydrogens is 292 g/mol. The van der Waals surface area contributed by atoms with Crippen molar-refractivity contribution in [3.05, 3.63) is 35.0 Å². The van der Waals surface area contributed by atoms with Gasteiger partial charge in [0.1, 0.15) is 11.6 Å². The number of nitrogens with one attached hydrogen (secondary N) is 1. The molecule has 1 amide bonds. The lowest BCUT2D eigenvalue weighted by Gasteiger charge is -2.15. The predicted octanol–water partition coefficient (Wildman–Crippen LogP) is 2.16. The summed E-state index contributed by atoms with van der Waals surface area (Å²) in [5.41, 5.74) is 8.01. The van der Waals surface area contributed by atoms with Gasteiger partial charge in [-0.25, -0.2) is 9.97 Å². The van der Waals surface area contributed by atoms with Crippen LogP contribution < -0.4 is 11.1 Å². The van der Waals surface area contributed by atoms with Gasteiger partial charge < -0.3 is 11.1 Å². The first-order chi connectivity index (χ1) is 11.0. The summed E-state index contributed by atoms with van der Waals surface area (Å²) in [5.74, 6) is 0.835. The van der Waals surface area contributed by atoms with Crippen molar-refractivity contribution >= 4 is 11.7 Å². The van der Waals surface area contributed by atoms with E-state index < -0.39 is 0 Å².